The molecule has 0 radical (unpaired) electrons. The normalized spacial score (nSPS) is 12.0. The smallest absolute Gasteiger partial charge is 0.328 e. The lowest BCUT2D eigenvalue weighted by Gasteiger charge is -2.32. The first-order chi connectivity index (χ1) is 12.9. The molecule has 3 rings (SSSR count). The Hall–Kier alpha value is -2.48. The number of fused-ring (bicyclic) bond motifs is 2. The Balaban J connectivity index is 0.000000279. The third-order valence-corrected chi connectivity index (χ3v) is 4.91. The summed E-state index contributed by atoms with van der Waals surface area (Å²) in [4.78, 5) is 24.0. The van der Waals surface area contributed by atoms with Crippen molar-refractivity contribution in [3.8, 4) is 0 Å². The second kappa shape index (κ2) is 10.0. The van der Waals surface area contributed by atoms with Gasteiger partial charge in [-0.25, -0.2) is 9.59 Å². The maximum atomic E-state index is 9.55. The lowest BCUT2D eigenvalue weighted by atomic mass is 10.2. The first-order valence-electron chi connectivity index (χ1n) is 8.10. The molecular formula is C19H19ClN2O4S. The van der Waals surface area contributed by atoms with Gasteiger partial charge in [0.15, 0.2) is 0 Å². The van der Waals surface area contributed by atoms with Gasteiger partial charge in [0.25, 0.3) is 0 Å². The van der Waals surface area contributed by atoms with Gasteiger partial charge in [0.1, 0.15) is 0 Å². The fourth-order valence-corrected chi connectivity index (χ4v) is 3.68. The highest BCUT2D eigenvalue weighted by Gasteiger charge is 2.22. The molecule has 0 bridgehead atoms. The minimum atomic E-state index is -1.26. The number of halogens is 1. The van der Waals surface area contributed by atoms with Crippen LogP contribution in [0.5, 0.6) is 0 Å². The Bertz CT molecular complexity index is 841. The minimum Gasteiger partial charge on any atom is -0.478 e. The van der Waals surface area contributed by atoms with Crippen LogP contribution < -0.4 is 10.6 Å². The summed E-state index contributed by atoms with van der Waals surface area (Å²) in [5.41, 5.74) is 8.09. The molecule has 0 saturated carbocycles. The predicted molar refractivity (Wildman–Crippen MR) is 107 cm³/mol. The summed E-state index contributed by atoms with van der Waals surface area (Å²) >= 11 is 7.94. The summed E-state index contributed by atoms with van der Waals surface area (Å²) in [6, 6.07) is 14.5. The van der Waals surface area contributed by atoms with E-state index in [9.17, 15) is 9.59 Å². The van der Waals surface area contributed by atoms with Crippen LogP contribution in [0.2, 0.25) is 5.02 Å². The zero-order valence-electron chi connectivity index (χ0n) is 14.3. The molecular weight excluding hydrogens is 388 g/mol. The van der Waals surface area contributed by atoms with Crippen molar-refractivity contribution < 1.29 is 19.8 Å². The van der Waals surface area contributed by atoms with Gasteiger partial charge in [-0.05, 0) is 43.3 Å². The van der Waals surface area contributed by atoms with E-state index in [0.717, 1.165) is 18.0 Å². The van der Waals surface area contributed by atoms with Crippen molar-refractivity contribution in [3.05, 3.63) is 59.6 Å². The van der Waals surface area contributed by atoms with Crippen LogP contribution in [-0.4, -0.2) is 35.2 Å². The topological polar surface area (TPSA) is 104 Å². The van der Waals surface area contributed by atoms with Crippen molar-refractivity contribution >= 4 is 46.7 Å². The molecule has 27 heavy (non-hydrogen) atoms. The standard InChI is InChI=1S/C15H15ClN2S.C4H4O4/c16-11-6-7-15-13(10-11)18(9-3-8-17)12-4-1-2-5-14(12)19-15;5-3(6)1-2-4(7)8/h1-2,4-7,10H,3,8-9,17H2;1-2H,(H,5,6)(H,7,8)/b;2-1+. The summed E-state index contributed by atoms with van der Waals surface area (Å²) in [7, 11) is 0. The summed E-state index contributed by atoms with van der Waals surface area (Å²) < 4.78 is 0. The Morgan fingerprint density at radius 2 is 1.67 bits per heavy atom. The van der Waals surface area contributed by atoms with Crippen molar-refractivity contribution in [2.75, 3.05) is 18.0 Å². The van der Waals surface area contributed by atoms with Gasteiger partial charge in [-0.3, -0.25) is 0 Å². The number of nitrogens with zero attached hydrogens (tertiary/aromatic N) is 1. The van der Waals surface area contributed by atoms with Gasteiger partial charge < -0.3 is 20.8 Å². The van der Waals surface area contributed by atoms with E-state index >= 15 is 0 Å². The number of aliphatic carboxylic acids is 2. The van der Waals surface area contributed by atoms with Crippen molar-refractivity contribution in [2.45, 2.75) is 16.2 Å². The molecule has 142 valence electrons. The fourth-order valence-electron chi connectivity index (χ4n) is 2.44. The molecule has 0 saturated heterocycles. The average molecular weight is 407 g/mol. The Kier molecular flexibility index (Phi) is 7.72. The minimum absolute atomic E-state index is 0.558. The third-order valence-electron chi connectivity index (χ3n) is 3.54. The van der Waals surface area contributed by atoms with E-state index in [4.69, 9.17) is 27.5 Å². The van der Waals surface area contributed by atoms with Gasteiger partial charge in [0.2, 0.25) is 0 Å². The fraction of sp³-hybridized carbons (Fsp3) is 0.158. The highest BCUT2D eigenvalue weighted by atomic mass is 35.5. The van der Waals surface area contributed by atoms with Crippen molar-refractivity contribution in [1.82, 2.24) is 0 Å². The van der Waals surface area contributed by atoms with Crippen LogP contribution in [0.15, 0.2) is 64.4 Å². The zero-order valence-corrected chi connectivity index (χ0v) is 15.9. The molecule has 0 spiro atoms. The molecule has 0 amide bonds. The SMILES string of the molecule is NCCCN1c2ccccc2Sc2ccc(Cl)cc21.O=C(O)/C=C/C(=O)O. The highest BCUT2D eigenvalue weighted by molar-refractivity contribution is 7.99. The average Bonchev–Trinajstić information content (AvgIpc) is 2.64. The van der Waals surface area contributed by atoms with Crippen LogP contribution in [0, 0.1) is 0 Å². The summed E-state index contributed by atoms with van der Waals surface area (Å²) in [6.07, 6.45) is 2.08. The molecule has 2 aromatic rings. The molecule has 0 aromatic heterocycles. The van der Waals surface area contributed by atoms with Gasteiger partial charge in [-0.1, -0.05) is 35.5 Å². The summed E-state index contributed by atoms with van der Waals surface area (Å²) in [6.45, 7) is 1.61. The van der Waals surface area contributed by atoms with Crippen molar-refractivity contribution in [1.29, 1.82) is 0 Å². The highest BCUT2D eigenvalue weighted by Crippen LogP contribution is 2.48. The van der Waals surface area contributed by atoms with E-state index in [1.54, 1.807) is 11.8 Å². The molecule has 0 fully saturated rings. The number of anilines is 2. The van der Waals surface area contributed by atoms with Gasteiger partial charge in [0.05, 0.1) is 11.4 Å². The molecule has 6 nitrogen and oxygen atoms in total. The van der Waals surface area contributed by atoms with Gasteiger partial charge >= 0.3 is 11.9 Å². The van der Waals surface area contributed by atoms with E-state index in [2.05, 4.69) is 35.2 Å². The number of hydrogen-bond acceptors (Lipinski definition) is 5. The van der Waals surface area contributed by atoms with Crippen molar-refractivity contribution in [2.24, 2.45) is 5.73 Å². The number of rotatable bonds is 5. The number of carboxylic acid groups (broad SMARTS) is 2. The van der Waals surface area contributed by atoms with Crippen LogP contribution in [0.25, 0.3) is 0 Å². The van der Waals surface area contributed by atoms with Gasteiger partial charge in [-0.2, -0.15) is 0 Å². The monoisotopic (exact) mass is 406 g/mol. The predicted octanol–water partition coefficient (Wildman–Crippen LogP) is 4.00. The molecule has 0 aliphatic carbocycles. The third kappa shape index (κ3) is 6.02. The second-order valence-electron chi connectivity index (χ2n) is 5.49. The zero-order chi connectivity index (χ0) is 19.8. The molecule has 8 heteroatoms. The van der Waals surface area contributed by atoms with Crippen LogP contribution in [0.4, 0.5) is 11.4 Å². The van der Waals surface area contributed by atoms with Crippen LogP contribution in [0.1, 0.15) is 6.42 Å². The number of hydrogen-bond donors (Lipinski definition) is 3. The number of nitrogens with two attached hydrogens (primary N) is 1. The lowest BCUT2D eigenvalue weighted by Crippen LogP contribution is -2.23. The lowest BCUT2D eigenvalue weighted by molar-refractivity contribution is -0.134. The summed E-state index contributed by atoms with van der Waals surface area (Å²) in [5.74, 6) is -2.51. The Labute approximate surface area is 166 Å². The van der Waals surface area contributed by atoms with Crippen LogP contribution in [0.3, 0.4) is 0 Å². The van der Waals surface area contributed by atoms with E-state index in [0.29, 0.717) is 18.7 Å². The largest absolute Gasteiger partial charge is 0.478 e. The molecule has 0 atom stereocenters. The van der Waals surface area contributed by atoms with E-state index in [1.165, 1.54) is 21.2 Å². The van der Waals surface area contributed by atoms with Gasteiger partial charge in [-0.15, -0.1) is 0 Å². The number of para-hydroxylation sites is 1. The number of carboxylic acids is 2. The van der Waals surface area contributed by atoms with Crippen LogP contribution in [-0.2, 0) is 9.59 Å². The van der Waals surface area contributed by atoms with Gasteiger partial charge in [0, 0.05) is 33.5 Å². The molecule has 4 N–H and O–H groups in total. The molecule has 1 heterocycles. The first kappa shape index (κ1) is 20.8. The number of carbonyl (C=O) groups is 2. The maximum Gasteiger partial charge on any atom is 0.328 e. The molecule has 1 aliphatic rings. The van der Waals surface area contributed by atoms with E-state index < -0.39 is 11.9 Å². The maximum absolute atomic E-state index is 9.55. The van der Waals surface area contributed by atoms with E-state index in [1.807, 2.05) is 12.1 Å². The molecule has 0 unspecified atom stereocenters. The van der Waals surface area contributed by atoms with Crippen LogP contribution >= 0.6 is 23.4 Å². The Morgan fingerprint density at radius 1 is 1.04 bits per heavy atom. The second-order valence-corrected chi connectivity index (χ2v) is 7.01. The van der Waals surface area contributed by atoms with Crippen molar-refractivity contribution in [3.63, 3.8) is 0 Å². The first-order valence-corrected chi connectivity index (χ1v) is 9.29. The number of benzene rings is 2. The van der Waals surface area contributed by atoms with E-state index in [-0.39, 0.29) is 0 Å². The quantitative estimate of drug-likeness (QED) is 0.644. The summed E-state index contributed by atoms with van der Waals surface area (Å²) in [5, 5.41) is 16.4. The molecule has 1 aliphatic heterocycles. The molecule has 2 aromatic carbocycles. The Morgan fingerprint density at radius 3 is 2.30 bits per heavy atom.